The van der Waals surface area contributed by atoms with E-state index in [1.807, 2.05) is 0 Å². The van der Waals surface area contributed by atoms with Crippen LogP contribution in [0.15, 0.2) is 0 Å². The Bertz CT molecular complexity index is 384. The minimum Gasteiger partial charge on any atom is -0.464 e. The van der Waals surface area contributed by atoms with E-state index in [2.05, 4.69) is 15.0 Å². The van der Waals surface area contributed by atoms with Crippen LogP contribution in [0.2, 0.25) is 0 Å². The summed E-state index contributed by atoms with van der Waals surface area (Å²) in [5, 5.41) is 7.86. The first-order valence-electron chi connectivity index (χ1n) is 5.47. The number of esters is 1. The molecule has 0 spiro atoms. The first kappa shape index (κ1) is 11.1. The van der Waals surface area contributed by atoms with Crippen LogP contribution in [0.3, 0.4) is 0 Å². The number of nitrogens with zero attached hydrogens (tertiary/aromatic N) is 3. The second kappa shape index (κ2) is 4.61. The molecular formula is C10H16N4O2. The van der Waals surface area contributed by atoms with E-state index in [0.29, 0.717) is 24.6 Å². The van der Waals surface area contributed by atoms with Crippen molar-refractivity contribution in [3.05, 3.63) is 11.4 Å². The van der Waals surface area contributed by atoms with E-state index in [4.69, 9.17) is 5.73 Å². The summed E-state index contributed by atoms with van der Waals surface area (Å²) in [7, 11) is 1.34. The van der Waals surface area contributed by atoms with Crippen molar-refractivity contribution >= 4 is 5.97 Å². The molecule has 2 N–H and O–H groups in total. The van der Waals surface area contributed by atoms with Crippen LogP contribution < -0.4 is 5.73 Å². The van der Waals surface area contributed by atoms with E-state index in [-0.39, 0.29) is 0 Å². The summed E-state index contributed by atoms with van der Waals surface area (Å²) in [6.45, 7) is 1.31. The molecule has 0 atom stereocenters. The lowest BCUT2D eigenvalue weighted by atomic mass is 10.2. The molecule has 0 aliphatic heterocycles. The molecule has 1 fully saturated rings. The summed E-state index contributed by atoms with van der Waals surface area (Å²) in [6.07, 6.45) is 3.06. The number of nitrogens with two attached hydrogens (primary N) is 1. The lowest BCUT2D eigenvalue weighted by molar-refractivity contribution is 0.0592. The van der Waals surface area contributed by atoms with Crippen molar-refractivity contribution in [3.63, 3.8) is 0 Å². The molecule has 0 amide bonds. The van der Waals surface area contributed by atoms with Crippen molar-refractivity contribution < 1.29 is 9.53 Å². The summed E-state index contributed by atoms with van der Waals surface area (Å²) in [5.74, 6) is 0.245. The zero-order valence-electron chi connectivity index (χ0n) is 9.35. The highest BCUT2D eigenvalue weighted by atomic mass is 16.5. The lowest BCUT2D eigenvalue weighted by Crippen LogP contribution is -2.15. The van der Waals surface area contributed by atoms with Crippen LogP contribution in [-0.2, 0) is 17.7 Å². The smallest absolute Gasteiger partial charge is 0.360 e. The Morgan fingerprint density at radius 2 is 2.38 bits per heavy atom. The number of methoxy groups -OCH3 is 1. The van der Waals surface area contributed by atoms with E-state index in [0.717, 1.165) is 12.2 Å². The summed E-state index contributed by atoms with van der Waals surface area (Å²) in [6, 6.07) is 0. The van der Waals surface area contributed by atoms with E-state index in [1.54, 1.807) is 4.68 Å². The third-order valence-corrected chi connectivity index (χ3v) is 2.73. The van der Waals surface area contributed by atoms with Gasteiger partial charge in [0.05, 0.1) is 12.8 Å². The SMILES string of the molecule is COC(=O)c1nnn(CC2CC2)c1CCN. The molecule has 1 aliphatic carbocycles. The Balaban J connectivity index is 2.22. The van der Waals surface area contributed by atoms with Gasteiger partial charge in [-0.05, 0) is 25.3 Å². The molecule has 0 saturated heterocycles. The van der Waals surface area contributed by atoms with Crippen molar-refractivity contribution in [3.8, 4) is 0 Å². The lowest BCUT2D eigenvalue weighted by Gasteiger charge is -2.05. The number of hydrogen-bond donors (Lipinski definition) is 1. The van der Waals surface area contributed by atoms with Gasteiger partial charge in [-0.1, -0.05) is 5.21 Å². The zero-order valence-corrected chi connectivity index (χ0v) is 9.35. The number of carbonyl (C=O) groups is 1. The van der Waals surface area contributed by atoms with Crippen LogP contribution in [0.5, 0.6) is 0 Å². The minimum atomic E-state index is -0.439. The van der Waals surface area contributed by atoms with Gasteiger partial charge >= 0.3 is 5.97 Å². The minimum absolute atomic E-state index is 0.300. The van der Waals surface area contributed by atoms with E-state index < -0.39 is 5.97 Å². The summed E-state index contributed by atoms with van der Waals surface area (Å²) in [5.41, 5.74) is 6.62. The number of hydrogen-bond acceptors (Lipinski definition) is 5. The molecule has 6 nitrogen and oxygen atoms in total. The normalized spacial score (nSPS) is 15.1. The maximum atomic E-state index is 11.4. The number of rotatable bonds is 5. The van der Waals surface area contributed by atoms with Gasteiger partial charge in [-0.15, -0.1) is 5.10 Å². The fraction of sp³-hybridized carbons (Fsp3) is 0.700. The molecule has 1 aromatic rings. The van der Waals surface area contributed by atoms with Gasteiger partial charge in [0, 0.05) is 13.0 Å². The fourth-order valence-electron chi connectivity index (χ4n) is 1.66. The number of aromatic nitrogens is 3. The number of ether oxygens (including phenoxy) is 1. The predicted octanol–water partition coefficient (Wildman–Crippen LogP) is -0.0241. The molecule has 1 aliphatic rings. The van der Waals surface area contributed by atoms with Crippen LogP contribution in [0.25, 0.3) is 0 Å². The highest BCUT2D eigenvalue weighted by molar-refractivity contribution is 5.88. The van der Waals surface area contributed by atoms with Crippen molar-refractivity contribution in [1.29, 1.82) is 0 Å². The third-order valence-electron chi connectivity index (χ3n) is 2.73. The van der Waals surface area contributed by atoms with Gasteiger partial charge in [0.1, 0.15) is 0 Å². The molecule has 16 heavy (non-hydrogen) atoms. The van der Waals surface area contributed by atoms with Gasteiger partial charge in [-0.3, -0.25) is 0 Å². The Kier molecular flexibility index (Phi) is 3.19. The third kappa shape index (κ3) is 2.21. The van der Waals surface area contributed by atoms with Gasteiger partial charge < -0.3 is 10.5 Å². The van der Waals surface area contributed by atoms with Gasteiger partial charge in [-0.2, -0.15) is 0 Å². The highest BCUT2D eigenvalue weighted by Gasteiger charge is 2.26. The summed E-state index contributed by atoms with van der Waals surface area (Å²) < 4.78 is 6.45. The summed E-state index contributed by atoms with van der Waals surface area (Å²) in [4.78, 5) is 11.4. The van der Waals surface area contributed by atoms with Crippen LogP contribution in [0.1, 0.15) is 29.0 Å². The van der Waals surface area contributed by atoms with Crippen LogP contribution in [0.4, 0.5) is 0 Å². The van der Waals surface area contributed by atoms with Crippen LogP contribution in [-0.4, -0.2) is 34.6 Å². The number of carbonyl (C=O) groups excluding carboxylic acids is 1. The first-order valence-corrected chi connectivity index (χ1v) is 5.47. The molecule has 0 unspecified atom stereocenters. The van der Waals surface area contributed by atoms with Crippen molar-refractivity contribution in [2.75, 3.05) is 13.7 Å². The highest BCUT2D eigenvalue weighted by Crippen LogP contribution is 2.30. The molecule has 6 heteroatoms. The zero-order chi connectivity index (χ0) is 11.5. The standard InChI is InChI=1S/C10H16N4O2/c1-16-10(15)9-8(4-5-11)14(13-12-9)6-7-2-3-7/h7H,2-6,11H2,1H3. The molecule has 1 heterocycles. The molecule has 0 radical (unpaired) electrons. The van der Waals surface area contributed by atoms with E-state index in [1.165, 1.54) is 20.0 Å². The van der Waals surface area contributed by atoms with Gasteiger partial charge in [-0.25, -0.2) is 9.48 Å². The largest absolute Gasteiger partial charge is 0.464 e. The van der Waals surface area contributed by atoms with Crippen molar-refractivity contribution in [2.24, 2.45) is 11.7 Å². The quantitative estimate of drug-likeness (QED) is 0.710. The maximum absolute atomic E-state index is 11.4. The Hall–Kier alpha value is -1.43. The first-order chi connectivity index (χ1) is 7.76. The Morgan fingerprint density at radius 1 is 1.62 bits per heavy atom. The topological polar surface area (TPSA) is 83.0 Å². The van der Waals surface area contributed by atoms with Crippen molar-refractivity contribution in [1.82, 2.24) is 15.0 Å². The molecule has 0 aromatic carbocycles. The van der Waals surface area contributed by atoms with Crippen LogP contribution in [0, 0.1) is 5.92 Å². The predicted molar refractivity (Wildman–Crippen MR) is 56.8 cm³/mol. The van der Waals surface area contributed by atoms with E-state index >= 15 is 0 Å². The van der Waals surface area contributed by atoms with E-state index in [9.17, 15) is 4.79 Å². The molecule has 0 bridgehead atoms. The van der Waals surface area contributed by atoms with Crippen molar-refractivity contribution in [2.45, 2.75) is 25.8 Å². The maximum Gasteiger partial charge on any atom is 0.360 e. The monoisotopic (exact) mass is 224 g/mol. The summed E-state index contributed by atoms with van der Waals surface area (Å²) >= 11 is 0. The Labute approximate surface area is 93.8 Å². The second-order valence-corrected chi connectivity index (χ2v) is 4.04. The molecule has 1 aromatic heterocycles. The average molecular weight is 224 g/mol. The second-order valence-electron chi connectivity index (χ2n) is 4.04. The molecule has 2 rings (SSSR count). The van der Waals surface area contributed by atoms with Crippen LogP contribution >= 0.6 is 0 Å². The van der Waals surface area contributed by atoms with Gasteiger partial charge in [0.25, 0.3) is 0 Å². The molecule has 1 saturated carbocycles. The average Bonchev–Trinajstić information content (AvgIpc) is 3.01. The van der Waals surface area contributed by atoms with Gasteiger partial charge in [0.15, 0.2) is 5.69 Å². The van der Waals surface area contributed by atoms with Gasteiger partial charge in [0.2, 0.25) is 0 Å². The molecule has 88 valence electrons. The fourth-order valence-corrected chi connectivity index (χ4v) is 1.66. The molecular weight excluding hydrogens is 208 g/mol. The Morgan fingerprint density at radius 3 is 2.94 bits per heavy atom.